The van der Waals surface area contributed by atoms with Crippen molar-refractivity contribution in [3.05, 3.63) is 35.4 Å². The zero-order valence-corrected chi connectivity index (χ0v) is 12.6. The Kier molecular flexibility index (Phi) is 3.33. The number of fused-ring (bicyclic) bond motifs is 1. The number of carbonyl (C=O) groups excluding carboxylic acids is 1. The number of nitrogens with one attached hydrogen (secondary N) is 1. The van der Waals surface area contributed by atoms with Crippen molar-refractivity contribution in [2.24, 2.45) is 5.41 Å². The molecule has 20 heavy (non-hydrogen) atoms. The Balaban J connectivity index is 1.88. The van der Waals surface area contributed by atoms with Gasteiger partial charge in [-0.05, 0) is 35.8 Å². The van der Waals surface area contributed by atoms with Gasteiger partial charge in [0.15, 0.2) is 0 Å². The maximum absolute atomic E-state index is 12.2. The topological polar surface area (TPSA) is 32.3 Å². The highest BCUT2D eigenvalue weighted by molar-refractivity contribution is 5.83. The number of nitrogens with zero attached hydrogens (tertiary/aromatic N) is 1. The molecular formula is C17H24N2O. The fraction of sp³-hybridized carbons (Fsp3) is 0.588. The molecule has 2 atom stereocenters. The van der Waals surface area contributed by atoms with Gasteiger partial charge in [-0.3, -0.25) is 10.1 Å². The quantitative estimate of drug-likeness (QED) is 0.897. The second-order valence-corrected chi connectivity index (χ2v) is 6.89. The van der Waals surface area contributed by atoms with E-state index in [1.54, 1.807) is 0 Å². The first-order valence-corrected chi connectivity index (χ1v) is 7.58. The average molecular weight is 272 g/mol. The Hall–Kier alpha value is -1.35. The van der Waals surface area contributed by atoms with Crippen LogP contribution in [-0.4, -0.2) is 30.4 Å². The number of hydrogen-bond acceptors (Lipinski definition) is 2. The first kappa shape index (κ1) is 13.6. The van der Waals surface area contributed by atoms with Gasteiger partial charge in [-0.2, -0.15) is 0 Å². The monoisotopic (exact) mass is 272 g/mol. The Morgan fingerprint density at radius 1 is 1.30 bits per heavy atom. The van der Waals surface area contributed by atoms with Crippen LogP contribution in [0.15, 0.2) is 24.3 Å². The molecule has 1 aromatic carbocycles. The zero-order chi connectivity index (χ0) is 14.3. The van der Waals surface area contributed by atoms with E-state index in [4.69, 9.17) is 0 Å². The molecule has 2 aliphatic rings. The van der Waals surface area contributed by atoms with Crippen LogP contribution < -0.4 is 5.32 Å². The molecule has 3 nitrogen and oxygen atoms in total. The fourth-order valence-corrected chi connectivity index (χ4v) is 3.56. The molecule has 2 unspecified atom stereocenters. The molecule has 1 aliphatic heterocycles. The van der Waals surface area contributed by atoms with Crippen LogP contribution in [0.3, 0.4) is 0 Å². The lowest BCUT2D eigenvalue weighted by atomic mass is 9.70. The lowest BCUT2D eigenvalue weighted by molar-refractivity contribution is -0.128. The van der Waals surface area contributed by atoms with Gasteiger partial charge in [0.05, 0.1) is 6.04 Å². The number of rotatable bonds is 2. The Morgan fingerprint density at radius 3 is 2.75 bits per heavy atom. The van der Waals surface area contributed by atoms with E-state index in [1.165, 1.54) is 17.5 Å². The van der Waals surface area contributed by atoms with Crippen molar-refractivity contribution >= 4 is 5.91 Å². The van der Waals surface area contributed by atoms with Crippen LogP contribution in [0.4, 0.5) is 0 Å². The molecule has 0 saturated carbocycles. The van der Waals surface area contributed by atoms with E-state index in [0.717, 1.165) is 19.4 Å². The highest BCUT2D eigenvalue weighted by Crippen LogP contribution is 2.43. The van der Waals surface area contributed by atoms with Crippen LogP contribution in [0.2, 0.25) is 0 Å². The van der Waals surface area contributed by atoms with Gasteiger partial charge in [-0.25, -0.2) is 0 Å². The third kappa shape index (κ3) is 2.24. The number of carbonyl (C=O) groups is 1. The zero-order valence-electron chi connectivity index (χ0n) is 12.6. The Labute approximate surface area is 121 Å². The molecule has 1 saturated heterocycles. The highest BCUT2D eigenvalue weighted by atomic mass is 16.2. The van der Waals surface area contributed by atoms with Crippen molar-refractivity contribution in [2.45, 2.75) is 45.2 Å². The SMILES string of the molecule is CN1CCC(NC2c3ccccc3CCC2(C)C)C1=O. The van der Waals surface area contributed by atoms with Gasteiger partial charge < -0.3 is 4.90 Å². The molecule has 1 heterocycles. The van der Waals surface area contributed by atoms with Crippen LogP contribution >= 0.6 is 0 Å². The van der Waals surface area contributed by atoms with Crippen LogP contribution in [-0.2, 0) is 11.2 Å². The van der Waals surface area contributed by atoms with E-state index in [2.05, 4.69) is 43.4 Å². The minimum atomic E-state index is -0.0181. The Morgan fingerprint density at radius 2 is 2.05 bits per heavy atom. The number of hydrogen-bond donors (Lipinski definition) is 1. The molecule has 0 bridgehead atoms. The summed E-state index contributed by atoms with van der Waals surface area (Å²) < 4.78 is 0. The molecule has 1 amide bonds. The van der Waals surface area contributed by atoms with E-state index in [9.17, 15) is 4.79 Å². The molecular weight excluding hydrogens is 248 g/mol. The molecule has 3 heteroatoms. The molecule has 1 aromatic rings. The van der Waals surface area contributed by atoms with Gasteiger partial charge in [-0.15, -0.1) is 0 Å². The van der Waals surface area contributed by atoms with E-state index in [-0.39, 0.29) is 23.4 Å². The predicted octanol–water partition coefficient (Wildman–Crippen LogP) is 2.52. The van der Waals surface area contributed by atoms with Gasteiger partial charge in [0.25, 0.3) is 0 Å². The maximum Gasteiger partial charge on any atom is 0.239 e. The van der Waals surface area contributed by atoms with Crippen LogP contribution in [0.5, 0.6) is 0 Å². The van der Waals surface area contributed by atoms with Gasteiger partial charge in [0.1, 0.15) is 0 Å². The second kappa shape index (κ2) is 4.88. The van der Waals surface area contributed by atoms with E-state index < -0.39 is 0 Å². The lowest BCUT2D eigenvalue weighted by Crippen LogP contribution is -2.46. The van der Waals surface area contributed by atoms with Crippen LogP contribution in [0.1, 0.15) is 43.9 Å². The average Bonchev–Trinajstić information content (AvgIpc) is 2.74. The maximum atomic E-state index is 12.2. The summed E-state index contributed by atoms with van der Waals surface area (Å²) in [5.41, 5.74) is 3.00. The van der Waals surface area contributed by atoms with Crippen molar-refractivity contribution < 1.29 is 4.79 Å². The fourth-order valence-electron chi connectivity index (χ4n) is 3.56. The third-order valence-corrected chi connectivity index (χ3v) is 4.98. The van der Waals surface area contributed by atoms with E-state index in [1.807, 2.05) is 11.9 Å². The van der Waals surface area contributed by atoms with E-state index >= 15 is 0 Å². The molecule has 3 rings (SSSR count). The normalized spacial score (nSPS) is 28.6. The van der Waals surface area contributed by atoms with Gasteiger partial charge in [0, 0.05) is 19.6 Å². The molecule has 0 aromatic heterocycles. The van der Waals surface area contributed by atoms with Crippen molar-refractivity contribution in [3.8, 4) is 0 Å². The summed E-state index contributed by atoms with van der Waals surface area (Å²) in [4.78, 5) is 14.0. The number of aryl methyl sites for hydroxylation is 1. The number of likely N-dealkylation sites (tertiary alicyclic amines) is 1. The summed E-state index contributed by atoms with van der Waals surface area (Å²) in [6, 6.07) is 8.92. The highest BCUT2D eigenvalue weighted by Gasteiger charge is 2.39. The molecule has 1 aliphatic carbocycles. The molecule has 108 valence electrons. The minimum Gasteiger partial charge on any atom is -0.344 e. The molecule has 0 radical (unpaired) electrons. The van der Waals surface area contributed by atoms with Gasteiger partial charge >= 0.3 is 0 Å². The number of benzene rings is 1. The first-order chi connectivity index (χ1) is 9.49. The lowest BCUT2D eigenvalue weighted by Gasteiger charge is -2.41. The van der Waals surface area contributed by atoms with Crippen LogP contribution in [0.25, 0.3) is 0 Å². The summed E-state index contributed by atoms with van der Waals surface area (Å²) in [5.74, 6) is 0.240. The van der Waals surface area contributed by atoms with Gasteiger partial charge in [-0.1, -0.05) is 38.1 Å². The third-order valence-electron chi connectivity index (χ3n) is 4.98. The smallest absolute Gasteiger partial charge is 0.239 e. The molecule has 1 fully saturated rings. The first-order valence-electron chi connectivity index (χ1n) is 7.58. The summed E-state index contributed by atoms with van der Waals surface area (Å²) >= 11 is 0. The summed E-state index contributed by atoms with van der Waals surface area (Å²) in [6.07, 6.45) is 3.22. The summed E-state index contributed by atoms with van der Waals surface area (Å²) in [6.45, 7) is 5.48. The number of likely N-dealkylation sites (N-methyl/N-ethyl adjacent to an activating group) is 1. The van der Waals surface area contributed by atoms with Crippen molar-refractivity contribution in [2.75, 3.05) is 13.6 Å². The van der Waals surface area contributed by atoms with Crippen molar-refractivity contribution in [3.63, 3.8) is 0 Å². The summed E-state index contributed by atoms with van der Waals surface area (Å²) in [7, 11) is 1.89. The largest absolute Gasteiger partial charge is 0.344 e. The standard InChI is InChI=1S/C17H24N2O/c1-17(2)10-8-12-6-4-5-7-13(12)15(17)18-14-9-11-19(3)16(14)20/h4-7,14-15,18H,8-11H2,1-3H3. The predicted molar refractivity (Wildman–Crippen MR) is 80.5 cm³/mol. The second-order valence-electron chi connectivity index (χ2n) is 6.89. The molecule has 1 N–H and O–H groups in total. The van der Waals surface area contributed by atoms with Gasteiger partial charge in [0.2, 0.25) is 5.91 Å². The van der Waals surface area contributed by atoms with E-state index in [0.29, 0.717) is 0 Å². The van der Waals surface area contributed by atoms with Crippen LogP contribution in [0, 0.1) is 5.41 Å². The van der Waals surface area contributed by atoms with Crippen molar-refractivity contribution in [1.29, 1.82) is 0 Å². The van der Waals surface area contributed by atoms with Crippen molar-refractivity contribution in [1.82, 2.24) is 10.2 Å². The minimum absolute atomic E-state index is 0.0181. The number of amides is 1. The summed E-state index contributed by atoms with van der Waals surface area (Å²) in [5, 5.41) is 3.65. The molecule has 0 spiro atoms. The Bertz CT molecular complexity index is 523.